The van der Waals surface area contributed by atoms with E-state index >= 15 is 0 Å². The molecule has 92 valence electrons. The molecule has 0 saturated carbocycles. The first-order valence-electron chi connectivity index (χ1n) is 6.59. The van der Waals surface area contributed by atoms with Crippen LogP contribution in [-0.2, 0) is 13.0 Å². The smallest absolute Gasteiger partial charge is 0.0574 e. The van der Waals surface area contributed by atoms with E-state index in [-0.39, 0.29) is 6.10 Å². The van der Waals surface area contributed by atoms with Gasteiger partial charge in [-0.1, -0.05) is 12.1 Å². The van der Waals surface area contributed by atoms with E-state index in [0.29, 0.717) is 0 Å². The quantitative estimate of drug-likeness (QED) is 0.766. The lowest BCUT2D eigenvalue weighted by Gasteiger charge is -2.34. The molecule has 1 saturated heterocycles. The molecule has 0 unspecified atom stereocenters. The van der Waals surface area contributed by atoms with Crippen LogP contribution in [0.4, 0.5) is 5.69 Å². The van der Waals surface area contributed by atoms with E-state index in [1.807, 2.05) is 0 Å². The molecule has 0 radical (unpaired) electrons. The molecule has 0 aromatic heterocycles. The Bertz CT molecular complexity index is 397. The van der Waals surface area contributed by atoms with Crippen LogP contribution >= 0.6 is 0 Å². The molecule has 2 N–H and O–H groups in total. The van der Waals surface area contributed by atoms with Gasteiger partial charge in [0.25, 0.3) is 0 Å². The third-order valence-electron chi connectivity index (χ3n) is 3.92. The second-order valence-electron chi connectivity index (χ2n) is 5.06. The predicted octanol–water partition coefficient (Wildman–Crippen LogP) is 1.29. The maximum absolute atomic E-state index is 9.58. The van der Waals surface area contributed by atoms with E-state index in [0.717, 1.165) is 45.4 Å². The highest BCUT2D eigenvalue weighted by molar-refractivity contribution is 5.58. The van der Waals surface area contributed by atoms with Crippen molar-refractivity contribution in [2.75, 3.05) is 24.5 Å². The monoisotopic (exact) mass is 232 g/mol. The van der Waals surface area contributed by atoms with Crippen molar-refractivity contribution in [1.29, 1.82) is 0 Å². The Labute approximate surface area is 102 Å². The summed E-state index contributed by atoms with van der Waals surface area (Å²) in [5.41, 5.74) is 4.36. The Balaban J connectivity index is 1.87. The van der Waals surface area contributed by atoms with Gasteiger partial charge < -0.3 is 15.3 Å². The predicted molar refractivity (Wildman–Crippen MR) is 69.3 cm³/mol. The number of anilines is 1. The first-order chi connectivity index (χ1) is 8.34. The summed E-state index contributed by atoms with van der Waals surface area (Å²) in [5.74, 6) is 0. The summed E-state index contributed by atoms with van der Waals surface area (Å²) < 4.78 is 0. The summed E-state index contributed by atoms with van der Waals surface area (Å²) in [7, 11) is 0. The number of aliphatic hydroxyl groups excluding tert-OH is 1. The highest BCUT2D eigenvalue weighted by Crippen LogP contribution is 2.28. The maximum atomic E-state index is 9.58. The fraction of sp³-hybridized carbons (Fsp3) is 0.571. The molecular formula is C14H20N2O. The first kappa shape index (κ1) is 11.1. The van der Waals surface area contributed by atoms with E-state index in [1.165, 1.54) is 16.8 Å². The van der Waals surface area contributed by atoms with Gasteiger partial charge in [-0.15, -0.1) is 0 Å². The molecule has 0 amide bonds. The summed E-state index contributed by atoms with van der Waals surface area (Å²) in [6.45, 7) is 4.07. The molecule has 3 heteroatoms. The Kier molecular flexibility index (Phi) is 3.04. The van der Waals surface area contributed by atoms with E-state index in [2.05, 4.69) is 28.4 Å². The van der Waals surface area contributed by atoms with Gasteiger partial charge in [-0.25, -0.2) is 0 Å². The van der Waals surface area contributed by atoms with Crippen LogP contribution in [-0.4, -0.2) is 30.8 Å². The van der Waals surface area contributed by atoms with Crippen molar-refractivity contribution in [3.05, 3.63) is 29.3 Å². The Morgan fingerprint density at radius 3 is 2.88 bits per heavy atom. The number of nitrogens with zero attached hydrogens (tertiary/aromatic N) is 1. The minimum atomic E-state index is -0.0903. The summed E-state index contributed by atoms with van der Waals surface area (Å²) >= 11 is 0. The average molecular weight is 232 g/mol. The van der Waals surface area contributed by atoms with Gasteiger partial charge in [0, 0.05) is 25.3 Å². The maximum Gasteiger partial charge on any atom is 0.0574 e. The molecule has 1 fully saturated rings. The molecule has 3 nitrogen and oxygen atoms in total. The normalized spacial score (nSPS) is 21.4. The molecule has 0 aliphatic carbocycles. The lowest BCUT2D eigenvalue weighted by atomic mass is 9.97. The topological polar surface area (TPSA) is 35.5 Å². The van der Waals surface area contributed by atoms with Gasteiger partial charge in [-0.3, -0.25) is 0 Å². The van der Waals surface area contributed by atoms with Crippen LogP contribution in [0, 0.1) is 0 Å². The number of hydrogen-bond acceptors (Lipinski definition) is 3. The van der Waals surface area contributed by atoms with Crippen LogP contribution in [0.2, 0.25) is 0 Å². The van der Waals surface area contributed by atoms with Crippen molar-refractivity contribution >= 4 is 5.69 Å². The zero-order chi connectivity index (χ0) is 11.7. The van der Waals surface area contributed by atoms with Crippen molar-refractivity contribution in [2.24, 2.45) is 0 Å². The molecule has 2 heterocycles. The van der Waals surface area contributed by atoms with Gasteiger partial charge in [-0.05, 0) is 43.0 Å². The van der Waals surface area contributed by atoms with Gasteiger partial charge in [0.2, 0.25) is 0 Å². The van der Waals surface area contributed by atoms with Crippen LogP contribution in [0.3, 0.4) is 0 Å². The summed E-state index contributed by atoms with van der Waals surface area (Å²) in [4.78, 5) is 2.44. The number of benzene rings is 1. The third-order valence-corrected chi connectivity index (χ3v) is 3.92. The molecule has 2 aliphatic rings. The molecule has 17 heavy (non-hydrogen) atoms. The van der Waals surface area contributed by atoms with Crippen molar-refractivity contribution in [1.82, 2.24) is 5.32 Å². The van der Waals surface area contributed by atoms with E-state index in [1.54, 1.807) is 0 Å². The molecule has 2 aliphatic heterocycles. The lowest BCUT2D eigenvalue weighted by Crippen LogP contribution is -2.37. The van der Waals surface area contributed by atoms with Crippen LogP contribution in [0.5, 0.6) is 0 Å². The summed E-state index contributed by atoms with van der Waals surface area (Å²) in [6.07, 6.45) is 2.85. The van der Waals surface area contributed by atoms with Gasteiger partial charge >= 0.3 is 0 Å². The van der Waals surface area contributed by atoms with Gasteiger partial charge in [-0.2, -0.15) is 0 Å². The van der Waals surface area contributed by atoms with Crippen LogP contribution < -0.4 is 10.2 Å². The number of hydrogen-bond donors (Lipinski definition) is 2. The van der Waals surface area contributed by atoms with Gasteiger partial charge in [0.05, 0.1) is 6.10 Å². The zero-order valence-electron chi connectivity index (χ0n) is 10.2. The SMILES string of the molecule is OC1CCN(c2cccc3c2CCNC3)CC1. The van der Waals surface area contributed by atoms with E-state index < -0.39 is 0 Å². The molecule has 1 aromatic rings. The Hall–Kier alpha value is -1.06. The molecule has 0 atom stereocenters. The molecular weight excluding hydrogens is 212 g/mol. The van der Waals surface area contributed by atoms with Crippen molar-refractivity contribution in [2.45, 2.75) is 31.9 Å². The molecule has 1 aromatic carbocycles. The first-order valence-corrected chi connectivity index (χ1v) is 6.59. The minimum Gasteiger partial charge on any atom is -0.393 e. The van der Waals surface area contributed by atoms with E-state index in [9.17, 15) is 5.11 Å². The highest BCUT2D eigenvalue weighted by atomic mass is 16.3. The van der Waals surface area contributed by atoms with E-state index in [4.69, 9.17) is 0 Å². The average Bonchev–Trinajstić information content (AvgIpc) is 2.39. The number of piperidine rings is 1. The minimum absolute atomic E-state index is 0.0903. The van der Waals surface area contributed by atoms with Crippen LogP contribution in [0.15, 0.2) is 18.2 Å². The standard InChI is InChI=1S/C14H20N2O/c17-12-5-8-16(9-6-12)14-3-1-2-11-10-15-7-4-13(11)14/h1-3,12,15,17H,4-10H2. The number of rotatable bonds is 1. The van der Waals surface area contributed by atoms with Crippen LogP contribution in [0.25, 0.3) is 0 Å². The fourth-order valence-corrected chi connectivity index (χ4v) is 2.91. The third kappa shape index (κ3) is 2.17. The fourth-order valence-electron chi connectivity index (χ4n) is 2.91. The zero-order valence-corrected chi connectivity index (χ0v) is 10.2. The van der Waals surface area contributed by atoms with Crippen LogP contribution in [0.1, 0.15) is 24.0 Å². The molecule has 0 bridgehead atoms. The lowest BCUT2D eigenvalue weighted by molar-refractivity contribution is 0.145. The van der Waals surface area contributed by atoms with Crippen molar-refractivity contribution in [3.63, 3.8) is 0 Å². The second-order valence-corrected chi connectivity index (χ2v) is 5.06. The van der Waals surface area contributed by atoms with Gasteiger partial charge in [0.1, 0.15) is 0 Å². The Morgan fingerprint density at radius 1 is 1.24 bits per heavy atom. The highest BCUT2D eigenvalue weighted by Gasteiger charge is 2.21. The van der Waals surface area contributed by atoms with Crippen molar-refractivity contribution < 1.29 is 5.11 Å². The number of aliphatic hydroxyl groups is 1. The molecule has 3 rings (SSSR count). The number of fused-ring (bicyclic) bond motifs is 1. The summed E-state index contributed by atoms with van der Waals surface area (Å²) in [6, 6.07) is 6.62. The summed E-state index contributed by atoms with van der Waals surface area (Å²) in [5, 5.41) is 13.0. The largest absolute Gasteiger partial charge is 0.393 e. The van der Waals surface area contributed by atoms with Crippen molar-refractivity contribution in [3.8, 4) is 0 Å². The number of nitrogens with one attached hydrogen (secondary N) is 1. The second kappa shape index (κ2) is 4.67. The Morgan fingerprint density at radius 2 is 2.06 bits per heavy atom. The van der Waals surface area contributed by atoms with Gasteiger partial charge in [0.15, 0.2) is 0 Å². The molecule has 0 spiro atoms.